The Balaban J connectivity index is 3.36. The molecule has 0 heterocycles. The number of rotatable bonds is 69. The summed E-state index contributed by atoms with van der Waals surface area (Å²) >= 11 is 0. The van der Waals surface area contributed by atoms with Crippen molar-refractivity contribution in [2.45, 2.75) is 431 Å². The van der Waals surface area contributed by atoms with Crippen molar-refractivity contribution < 1.29 is 24.5 Å². The molecule has 0 aromatic rings. The second kappa shape index (κ2) is 69.1. The average Bonchev–Trinajstić information content (AvgIpc) is 3.45. The topological polar surface area (TPSA) is 95.9 Å². The van der Waals surface area contributed by atoms with E-state index in [-0.39, 0.29) is 18.5 Å². The number of esters is 1. The maximum absolute atomic E-state index is 12.6. The van der Waals surface area contributed by atoms with Gasteiger partial charge < -0.3 is 20.3 Å². The summed E-state index contributed by atoms with van der Waals surface area (Å²) in [7, 11) is 0. The van der Waals surface area contributed by atoms with E-state index >= 15 is 0 Å². The van der Waals surface area contributed by atoms with Gasteiger partial charge >= 0.3 is 5.97 Å². The Morgan fingerprint density at radius 1 is 0.342 bits per heavy atom. The fourth-order valence-electron chi connectivity index (χ4n) is 11.8. The van der Waals surface area contributed by atoms with Gasteiger partial charge in [0.1, 0.15) is 0 Å². The Kier molecular flexibility index (Phi) is 67.9. The van der Waals surface area contributed by atoms with Crippen LogP contribution in [0.4, 0.5) is 0 Å². The Morgan fingerprint density at radius 2 is 0.595 bits per heavy atom. The summed E-state index contributed by atoms with van der Waals surface area (Å²) in [6.45, 7) is 4.99. The second-order valence-electron chi connectivity index (χ2n) is 25.3. The zero-order valence-electron chi connectivity index (χ0n) is 53.9. The molecule has 0 aromatic carbocycles. The largest absolute Gasteiger partial charge is 0.466 e. The van der Waals surface area contributed by atoms with Crippen molar-refractivity contribution in [2.24, 2.45) is 0 Å². The van der Waals surface area contributed by atoms with Crippen LogP contribution in [0.5, 0.6) is 0 Å². The van der Waals surface area contributed by atoms with Crippen molar-refractivity contribution in [2.75, 3.05) is 13.2 Å². The Hall–Kier alpha value is -1.40. The molecular formula is C73H143NO5. The standard InChI is InChI=1S/C73H143NO5/c1-3-5-7-9-11-13-15-17-19-21-22-23-28-31-34-37-41-45-49-53-57-61-65-71(76)70(69-75)74-72(77)66-62-58-54-50-46-42-38-35-32-29-26-24-25-27-30-33-36-40-44-48-52-56-60-64-68-79-73(78)67-63-59-55-51-47-43-39-20-18-16-14-12-10-8-6-4-2/h20,39,70-71,75-76H,3-19,21-38,40-69H2,1-2H3,(H,74,77)/b39-20-. The molecule has 0 saturated carbocycles. The first kappa shape index (κ1) is 77.6. The minimum absolute atomic E-state index is 0.00940. The summed E-state index contributed by atoms with van der Waals surface area (Å²) in [5.41, 5.74) is 0. The highest BCUT2D eigenvalue weighted by Gasteiger charge is 2.20. The zero-order valence-corrected chi connectivity index (χ0v) is 53.9. The number of carbonyl (C=O) groups is 2. The molecule has 0 spiro atoms. The van der Waals surface area contributed by atoms with E-state index in [0.717, 1.165) is 44.9 Å². The Morgan fingerprint density at radius 3 is 0.899 bits per heavy atom. The number of amides is 1. The highest BCUT2D eigenvalue weighted by molar-refractivity contribution is 5.76. The molecule has 2 atom stereocenters. The summed E-state index contributed by atoms with van der Waals surface area (Å²) in [6.07, 6.45) is 85.5. The molecule has 0 aliphatic heterocycles. The fraction of sp³-hybridized carbons (Fsp3) is 0.945. The predicted molar refractivity (Wildman–Crippen MR) is 347 cm³/mol. The monoisotopic (exact) mass is 1110 g/mol. The molecule has 6 heteroatoms. The van der Waals surface area contributed by atoms with Crippen LogP contribution >= 0.6 is 0 Å². The highest BCUT2D eigenvalue weighted by atomic mass is 16.5. The van der Waals surface area contributed by atoms with Crippen molar-refractivity contribution in [3.63, 3.8) is 0 Å². The lowest BCUT2D eigenvalue weighted by molar-refractivity contribution is -0.143. The highest BCUT2D eigenvalue weighted by Crippen LogP contribution is 2.19. The lowest BCUT2D eigenvalue weighted by Gasteiger charge is -2.22. The smallest absolute Gasteiger partial charge is 0.305 e. The van der Waals surface area contributed by atoms with Gasteiger partial charge in [0.25, 0.3) is 0 Å². The van der Waals surface area contributed by atoms with Gasteiger partial charge in [-0.05, 0) is 51.4 Å². The zero-order chi connectivity index (χ0) is 57.1. The summed E-state index contributed by atoms with van der Waals surface area (Å²) < 4.78 is 5.50. The van der Waals surface area contributed by atoms with E-state index in [0.29, 0.717) is 25.9 Å². The molecule has 0 radical (unpaired) electrons. The van der Waals surface area contributed by atoms with Crippen LogP contribution in [0.25, 0.3) is 0 Å². The second-order valence-corrected chi connectivity index (χ2v) is 25.3. The summed E-state index contributed by atoms with van der Waals surface area (Å²) in [4.78, 5) is 24.6. The van der Waals surface area contributed by atoms with Gasteiger partial charge in [-0.2, -0.15) is 0 Å². The molecule has 3 N–H and O–H groups in total. The fourth-order valence-corrected chi connectivity index (χ4v) is 11.8. The van der Waals surface area contributed by atoms with Crippen molar-refractivity contribution in [3.05, 3.63) is 12.2 Å². The van der Waals surface area contributed by atoms with Crippen LogP contribution in [0.2, 0.25) is 0 Å². The lowest BCUT2D eigenvalue weighted by Crippen LogP contribution is -2.45. The minimum atomic E-state index is -0.664. The maximum Gasteiger partial charge on any atom is 0.305 e. The third-order valence-corrected chi connectivity index (χ3v) is 17.3. The van der Waals surface area contributed by atoms with Crippen LogP contribution in [0.3, 0.4) is 0 Å². The van der Waals surface area contributed by atoms with Crippen molar-refractivity contribution >= 4 is 11.9 Å². The molecule has 79 heavy (non-hydrogen) atoms. The first-order chi connectivity index (χ1) is 39.0. The van der Waals surface area contributed by atoms with E-state index in [4.69, 9.17) is 4.74 Å². The molecule has 2 unspecified atom stereocenters. The van der Waals surface area contributed by atoms with Gasteiger partial charge in [0.05, 0.1) is 25.4 Å². The van der Waals surface area contributed by atoms with Crippen LogP contribution in [0.1, 0.15) is 418 Å². The maximum atomic E-state index is 12.6. The normalized spacial score (nSPS) is 12.5. The molecular weight excluding hydrogens is 971 g/mol. The molecule has 0 saturated heterocycles. The molecule has 0 rings (SSSR count). The number of unbranched alkanes of at least 4 members (excludes halogenated alkanes) is 56. The average molecular weight is 1110 g/mol. The van der Waals surface area contributed by atoms with Crippen LogP contribution in [0, 0.1) is 0 Å². The van der Waals surface area contributed by atoms with Crippen molar-refractivity contribution in [3.8, 4) is 0 Å². The van der Waals surface area contributed by atoms with E-state index in [9.17, 15) is 19.8 Å². The number of ether oxygens (including phenoxy) is 1. The predicted octanol–water partition coefficient (Wildman–Crippen LogP) is 23.5. The van der Waals surface area contributed by atoms with Crippen LogP contribution < -0.4 is 5.32 Å². The molecule has 0 aliphatic carbocycles. The van der Waals surface area contributed by atoms with Gasteiger partial charge in [0, 0.05) is 12.8 Å². The quantitative estimate of drug-likeness (QED) is 0.0320. The number of aliphatic hydroxyl groups excluding tert-OH is 2. The molecule has 470 valence electrons. The van der Waals surface area contributed by atoms with E-state index < -0.39 is 12.1 Å². The molecule has 0 bridgehead atoms. The summed E-state index contributed by atoms with van der Waals surface area (Å²) in [6, 6.07) is -0.541. The molecule has 0 fully saturated rings. The van der Waals surface area contributed by atoms with Crippen LogP contribution in [-0.4, -0.2) is 47.4 Å². The molecule has 0 aliphatic rings. The van der Waals surface area contributed by atoms with E-state index in [1.54, 1.807) is 0 Å². The van der Waals surface area contributed by atoms with Gasteiger partial charge in [0.2, 0.25) is 5.91 Å². The minimum Gasteiger partial charge on any atom is -0.466 e. The summed E-state index contributed by atoms with van der Waals surface area (Å²) in [5.74, 6) is -0.0192. The molecule has 6 nitrogen and oxygen atoms in total. The number of hydrogen-bond acceptors (Lipinski definition) is 5. The lowest BCUT2D eigenvalue weighted by atomic mass is 10.0. The van der Waals surface area contributed by atoms with Crippen LogP contribution in [-0.2, 0) is 14.3 Å². The third kappa shape index (κ3) is 65.6. The van der Waals surface area contributed by atoms with Crippen LogP contribution in [0.15, 0.2) is 12.2 Å². The van der Waals surface area contributed by atoms with Gasteiger partial charge in [-0.3, -0.25) is 9.59 Å². The SMILES string of the molecule is CCCCCCCCC/C=C\CCCCCCCC(=O)OCCCCCCCCCCCCCCCCCCCCCCCCCCC(=O)NC(CO)C(O)CCCCCCCCCCCCCCCCCCCCCCCC. The third-order valence-electron chi connectivity index (χ3n) is 17.3. The van der Waals surface area contributed by atoms with E-state index in [1.165, 1.54) is 340 Å². The first-order valence-electron chi connectivity index (χ1n) is 36.4. The van der Waals surface area contributed by atoms with E-state index in [1.807, 2.05) is 0 Å². The van der Waals surface area contributed by atoms with Gasteiger partial charge in [-0.15, -0.1) is 0 Å². The number of allylic oxidation sites excluding steroid dienone is 2. The number of aliphatic hydroxyl groups is 2. The Bertz CT molecular complexity index is 1190. The van der Waals surface area contributed by atoms with E-state index in [2.05, 4.69) is 31.3 Å². The van der Waals surface area contributed by atoms with Gasteiger partial charge in [-0.25, -0.2) is 0 Å². The summed E-state index contributed by atoms with van der Waals surface area (Å²) in [5, 5.41) is 23.4. The Labute approximate surface area is 495 Å². The van der Waals surface area contributed by atoms with Gasteiger partial charge in [0.15, 0.2) is 0 Å². The molecule has 0 aromatic heterocycles. The van der Waals surface area contributed by atoms with Crippen molar-refractivity contribution in [1.82, 2.24) is 5.32 Å². The number of carbonyl (C=O) groups excluding carboxylic acids is 2. The number of hydrogen-bond donors (Lipinski definition) is 3. The number of nitrogens with one attached hydrogen (secondary N) is 1. The van der Waals surface area contributed by atoms with Gasteiger partial charge in [-0.1, -0.05) is 366 Å². The molecule has 1 amide bonds. The first-order valence-corrected chi connectivity index (χ1v) is 36.4. The van der Waals surface area contributed by atoms with Crippen molar-refractivity contribution in [1.29, 1.82) is 0 Å².